The monoisotopic (exact) mass is 264 g/mol. The lowest BCUT2D eigenvalue weighted by molar-refractivity contribution is 0.121. The molecule has 2 nitrogen and oxygen atoms in total. The summed E-state index contributed by atoms with van der Waals surface area (Å²) in [5, 5.41) is 4.56. The maximum absolute atomic E-state index is 6.05. The molecule has 18 heavy (non-hydrogen) atoms. The molecule has 1 atom stereocenters. The Balaban J connectivity index is 1.66. The standard InChI is InChI=1S/C15H21ClN2/c1-15(13-5-6-13)11-18(8-7-17-15)10-12-3-2-4-14(16)9-12/h2-4,9,13,17H,5-8,10-11H2,1H3. The minimum Gasteiger partial charge on any atom is -0.309 e. The highest BCUT2D eigenvalue weighted by Gasteiger charge is 2.43. The first-order valence-corrected chi connectivity index (χ1v) is 7.25. The van der Waals surface area contributed by atoms with Crippen molar-refractivity contribution in [1.29, 1.82) is 0 Å². The minimum atomic E-state index is 0.330. The highest BCUT2D eigenvalue weighted by Crippen LogP contribution is 2.40. The fourth-order valence-corrected chi connectivity index (χ4v) is 3.33. The molecule has 0 amide bonds. The molecule has 3 rings (SSSR count). The number of nitrogens with zero attached hydrogens (tertiary/aromatic N) is 1. The van der Waals surface area contributed by atoms with Crippen molar-refractivity contribution in [3.8, 4) is 0 Å². The molecule has 2 fully saturated rings. The Labute approximate surface area is 114 Å². The van der Waals surface area contributed by atoms with E-state index in [4.69, 9.17) is 11.6 Å². The predicted octanol–water partition coefficient (Wildman–Crippen LogP) is 2.91. The zero-order valence-electron chi connectivity index (χ0n) is 11.0. The highest BCUT2D eigenvalue weighted by atomic mass is 35.5. The second-order valence-corrected chi connectivity index (χ2v) is 6.40. The molecular weight excluding hydrogens is 244 g/mol. The Hall–Kier alpha value is -0.570. The van der Waals surface area contributed by atoms with Crippen LogP contribution in [-0.4, -0.2) is 30.1 Å². The average Bonchev–Trinajstić information content (AvgIpc) is 3.13. The Morgan fingerprint density at radius 1 is 1.44 bits per heavy atom. The molecule has 1 aromatic rings. The second-order valence-electron chi connectivity index (χ2n) is 5.96. The van der Waals surface area contributed by atoms with Crippen molar-refractivity contribution >= 4 is 11.6 Å². The fourth-order valence-electron chi connectivity index (χ4n) is 3.12. The number of hydrogen-bond donors (Lipinski definition) is 1. The Kier molecular flexibility index (Phi) is 3.35. The van der Waals surface area contributed by atoms with E-state index in [1.807, 2.05) is 12.1 Å². The fraction of sp³-hybridized carbons (Fsp3) is 0.600. The van der Waals surface area contributed by atoms with Gasteiger partial charge in [-0.15, -0.1) is 0 Å². The van der Waals surface area contributed by atoms with E-state index in [0.717, 1.165) is 37.1 Å². The van der Waals surface area contributed by atoms with Crippen molar-refractivity contribution in [1.82, 2.24) is 10.2 Å². The summed E-state index contributed by atoms with van der Waals surface area (Å²) < 4.78 is 0. The van der Waals surface area contributed by atoms with Crippen molar-refractivity contribution in [2.24, 2.45) is 5.92 Å². The van der Waals surface area contributed by atoms with Crippen molar-refractivity contribution in [3.63, 3.8) is 0 Å². The van der Waals surface area contributed by atoms with Crippen molar-refractivity contribution in [2.45, 2.75) is 31.8 Å². The van der Waals surface area contributed by atoms with Crippen LogP contribution in [0.5, 0.6) is 0 Å². The summed E-state index contributed by atoms with van der Waals surface area (Å²) >= 11 is 6.05. The third-order valence-electron chi connectivity index (χ3n) is 4.28. The van der Waals surface area contributed by atoms with E-state index < -0.39 is 0 Å². The third-order valence-corrected chi connectivity index (χ3v) is 4.52. The van der Waals surface area contributed by atoms with Gasteiger partial charge in [0.15, 0.2) is 0 Å². The molecule has 0 radical (unpaired) electrons. The SMILES string of the molecule is CC1(C2CC2)CN(Cc2cccc(Cl)c2)CCN1. The van der Waals surface area contributed by atoms with E-state index in [2.05, 4.69) is 29.3 Å². The van der Waals surface area contributed by atoms with Crippen LogP contribution in [0, 0.1) is 5.92 Å². The summed E-state index contributed by atoms with van der Waals surface area (Å²) in [6.07, 6.45) is 2.79. The van der Waals surface area contributed by atoms with Crippen LogP contribution in [0.3, 0.4) is 0 Å². The van der Waals surface area contributed by atoms with Crippen LogP contribution in [0.4, 0.5) is 0 Å². The third kappa shape index (κ3) is 2.71. The van der Waals surface area contributed by atoms with E-state index in [1.54, 1.807) is 0 Å². The van der Waals surface area contributed by atoms with Gasteiger partial charge in [0.05, 0.1) is 0 Å². The van der Waals surface area contributed by atoms with Gasteiger partial charge in [-0.05, 0) is 43.4 Å². The zero-order chi connectivity index (χ0) is 12.6. The molecule has 1 unspecified atom stereocenters. The minimum absolute atomic E-state index is 0.330. The average molecular weight is 265 g/mol. The molecule has 1 heterocycles. The van der Waals surface area contributed by atoms with Crippen LogP contribution in [0.25, 0.3) is 0 Å². The number of benzene rings is 1. The van der Waals surface area contributed by atoms with Crippen LogP contribution in [0.1, 0.15) is 25.3 Å². The molecule has 1 aliphatic heterocycles. The Morgan fingerprint density at radius 3 is 3.00 bits per heavy atom. The summed E-state index contributed by atoms with van der Waals surface area (Å²) in [4.78, 5) is 2.56. The van der Waals surface area contributed by atoms with Crippen LogP contribution < -0.4 is 5.32 Å². The summed E-state index contributed by atoms with van der Waals surface area (Å²) in [5.41, 5.74) is 1.65. The first-order valence-electron chi connectivity index (χ1n) is 6.87. The van der Waals surface area contributed by atoms with E-state index in [-0.39, 0.29) is 0 Å². The molecule has 3 heteroatoms. The number of hydrogen-bond acceptors (Lipinski definition) is 2. The summed E-state index contributed by atoms with van der Waals surface area (Å²) in [5.74, 6) is 0.889. The molecule has 0 aromatic heterocycles. The molecule has 0 spiro atoms. The first kappa shape index (κ1) is 12.5. The largest absolute Gasteiger partial charge is 0.309 e. The second kappa shape index (κ2) is 4.84. The number of piperazine rings is 1. The maximum Gasteiger partial charge on any atom is 0.0409 e. The predicted molar refractivity (Wildman–Crippen MR) is 75.9 cm³/mol. The van der Waals surface area contributed by atoms with Crippen LogP contribution in [-0.2, 0) is 6.54 Å². The summed E-state index contributed by atoms with van der Waals surface area (Å²) in [6, 6.07) is 8.23. The van der Waals surface area contributed by atoms with Gasteiger partial charge < -0.3 is 5.32 Å². The van der Waals surface area contributed by atoms with E-state index >= 15 is 0 Å². The molecule has 1 saturated carbocycles. The van der Waals surface area contributed by atoms with Gasteiger partial charge in [-0.25, -0.2) is 0 Å². The molecule has 1 aromatic carbocycles. The van der Waals surface area contributed by atoms with Crippen molar-refractivity contribution in [3.05, 3.63) is 34.9 Å². The Bertz CT molecular complexity index is 430. The van der Waals surface area contributed by atoms with E-state index in [0.29, 0.717) is 5.54 Å². The van der Waals surface area contributed by atoms with Crippen molar-refractivity contribution in [2.75, 3.05) is 19.6 Å². The van der Waals surface area contributed by atoms with Gasteiger partial charge in [-0.2, -0.15) is 0 Å². The highest BCUT2D eigenvalue weighted by molar-refractivity contribution is 6.30. The lowest BCUT2D eigenvalue weighted by Gasteiger charge is -2.42. The topological polar surface area (TPSA) is 15.3 Å². The number of nitrogens with one attached hydrogen (secondary N) is 1. The van der Waals surface area contributed by atoms with E-state index in [9.17, 15) is 0 Å². The molecule has 0 bridgehead atoms. The van der Waals surface area contributed by atoms with Crippen LogP contribution >= 0.6 is 11.6 Å². The van der Waals surface area contributed by atoms with Crippen LogP contribution in [0.2, 0.25) is 5.02 Å². The molecule has 98 valence electrons. The number of rotatable bonds is 3. The molecule has 1 aliphatic carbocycles. The van der Waals surface area contributed by atoms with Crippen LogP contribution in [0.15, 0.2) is 24.3 Å². The molecule has 1 saturated heterocycles. The number of halogens is 1. The lowest BCUT2D eigenvalue weighted by Crippen LogP contribution is -2.59. The normalized spacial score (nSPS) is 29.4. The Morgan fingerprint density at radius 2 is 2.28 bits per heavy atom. The zero-order valence-corrected chi connectivity index (χ0v) is 11.7. The van der Waals surface area contributed by atoms with Gasteiger partial charge in [0.25, 0.3) is 0 Å². The molecule has 1 N–H and O–H groups in total. The molecule has 2 aliphatic rings. The van der Waals surface area contributed by atoms with Gasteiger partial charge in [0, 0.05) is 36.7 Å². The summed E-state index contributed by atoms with van der Waals surface area (Å²) in [7, 11) is 0. The lowest BCUT2D eigenvalue weighted by atomic mass is 9.92. The van der Waals surface area contributed by atoms with Gasteiger partial charge in [-0.1, -0.05) is 23.7 Å². The molecular formula is C15H21ClN2. The van der Waals surface area contributed by atoms with Gasteiger partial charge in [-0.3, -0.25) is 4.90 Å². The van der Waals surface area contributed by atoms with Gasteiger partial charge in [0.2, 0.25) is 0 Å². The van der Waals surface area contributed by atoms with E-state index in [1.165, 1.54) is 18.4 Å². The van der Waals surface area contributed by atoms with Gasteiger partial charge >= 0.3 is 0 Å². The van der Waals surface area contributed by atoms with Gasteiger partial charge in [0.1, 0.15) is 0 Å². The maximum atomic E-state index is 6.05. The quantitative estimate of drug-likeness (QED) is 0.903. The first-order chi connectivity index (χ1) is 8.66. The van der Waals surface area contributed by atoms with Crippen molar-refractivity contribution < 1.29 is 0 Å². The summed E-state index contributed by atoms with van der Waals surface area (Å²) in [6.45, 7) is 6.80. The smallest absolute Gasteiger partial charge is 0.0409 e.